The van der Waals surface area contributed by atoms with Crippen LogP contribution in [0, 0.1) is 0 Å². The van der Waals surface area contributed by atoms with E-state index in [0.29, 0.717) is 5.56 Å². The Labute approximate surface area is 115 Å². The van der Waals surface area contributed by atoms with Crippen molar-refractivity contribution in [2.75, 3.05) is 0 Å². The molecule has 0 saturated heterocycles. The highest BCUT2D eigenvalue weighted by Gasteiger charge is 2.03. The monoisotopic (exact) mass is 265 g/mol. The zero-order chi connectivity index (χ0) is 13.1. The van der Waals surface area contributed by atoms with E-state index >= 15 is 0 Å². The molecule has 0 aliphatic rings. The van der Waals surface area contributed by atoms with Gasteiger partial charge in [-0.05, 0) is 29.0 Å². The molecule has 19 heavy (non-hydrogen) atoms. The molecule has 0 saturated carbocycles. The van der Waals surface area contributed by atoms with Gasteiger partial charge in [0.1, 0.15) is 0 Å². The highest BCUT2D eigenvalue weighted by atomic mass is 32.1. The lowest BCUT2D eigenvalue weighted by Crippen LogP contribution is -1.93. The highest BCUT2D eigenvalue weighted by molar-refractivity contribution is 7.10. The molecule has 0 bridgehead atoms. The van der Waals surface area contributed by atoms with Gasteiger partial charge in [-0.25, -0.2) is 0 Å². The first kappa shape index (κ1) is 11.8. The molecule has 3 rings (SSSR count). The largest absolute Gasteiger partial charge is 0.289 e. The SMILES string of the molecule is O=C(C=Cc1cncs1)c1ccc2ccccc2c1. The minimum absolute atomic E-state index is 0.0131. The first-order chi connectivity index (χ1) is 9.33. The summed E-state index contributed by atoms with van der Waals surface area (Å²) in [5, 5.41) is 2.23. The Hall–Kier alpha value is -2.26. The van der Waals surface area contributed by atoms with Gasteiger partial charge in [-0.1, -0.05) is 36.4 Å². The number of ketones is 1. The molecule has 92 valence electrons. The van der Waals surface area contributed by atoms with Crippen molar-refractivity contribution in [3.8, 4) is 0 Å². The second-order valence-corrected chi connectivity index (χ2v) is 5.08. The molecule has 2 aromatic carbocycles. The summed E-state index contributed by atoms with van der Waals surface area (Å²) in [5.74, 6) is 0.0131. The number of fused-ring (bicyclic) bond motifs is 1. The Morgan fingerprint density at radius 2 is 1.95 bits per heavy atom. The van der Waals surface area contributed by atoms with E-state index in [1.807, 2.05) is 42.5 Å². The van der Waals surface area contributed by atoms with E-state index in [0.717, 1.165) is 15.6 Å². The van der Waals surface area contributed by atoms with E-state index in [2.05, 4.69) is 4.98 Å². The maximum atomic E-state index is 12.1. The number of aromatic nitrogens is 1. The van der Waals surface area contributed by atoms with Crippen molar-refractivity contribution in [1.29, 1.82) is 0 Å². The van der Waals surface area contributed by atoms with Gasteiger partial charge in [-0.15, -0.1) is 11.3 Å². The van der Waals surface area contributed by atoms with E-state index in [4.69, 9.17) is 0 Å². The summed E-state index contributed by atoms with van der Waals surface area (Å²) in [6.07, 6.45) is 5.14. The molecule has 3 heteroatoms. The average Bonchev–Trinajstić information content (AvgIpc) is 2.97. The van der Waals surface area contributed by atoms with Crippen LogP contribution in [0.3, 0.4) is 0 Å². The number of allylic oxidation sites excluding steroid dienone is 1. The van der Waals surface area contributed by atoms with Crippen LogP contribution in [0.2, 0.25) is 0 Å². The summed E-state index contributed by atoms with van der Waals surface area (Å²) in [5.41, 5.74) is 2.46. The fourth-order valence-electron chi connectivity index (χ4n) is 1.90. The maximum absolute atomic E-state index is 12.1. The number of benzene rings is 2. The van der Waals surface area contributed by atoms with Gasteiger partial charge in [-0.3, -0.25) is 9.78 Å². The molecule has 3 aromatic rings. The molecule has 0 spiro atoms. The lowest BCUT2D eigenvalue weighted by Gasteiger charge is -2.00. The lowest BCUT2D eigenvalue weighted by molar-refractivity contribution is 0.104. The van der Waals surface area contributed by atoms with E-state index < -0.39 is 0 Å². The van der Waals surface area contributed by atoms with Crippen molar-refractivity contribution >= 4 is 34.0 Å². The summed E-state index contributed by atoms with van der Waals surface area (Å²) in [6.45, 7) is 0. The number of carbonyl (C=O) groups is 1. The number of thiazole rings is 1. The Balaban J connectivity index is 1.89. The first-order valence-electron chi connectivity index (χ1n) is 5.93. The van der Waals surface area contributed by atoms with Crippen molar-refractivity contribution in [2.24, 2.45) is 0 Å². The third-order valence-corrected chi connectivity index (χ3v) is 3.63. The molecular formula is C16H11NOS. The Kier molecular flexibility index (Phi) is 3.21. The molecule has 0 atom stereocenters. The van der Waals surface area contributed by atoms with Crippen LogP contribution in [0.5, 0.6) is 0 Å². The molecule has 0 radical (unpaired) electrons. The van der Waals surface area contributed by atoms with Crippen LogP contribution in [0.1, 0.15) is 15.2 Å². The molecule has 1 heterocycles. The second-order valence-electron chi connectivity index (χ2n) is 4.16. The summed E-state index contributed by atoms with van der Waals surface area (Å²) in [7, 11) is 0. The normalized spacial score (nSPS) is 11.2. The van der Waals surface area contributed by atoms with Crippen LogP contribution in [-0.4, -0.2) is 10.8 Å². The van der Waals surface area contributed by atoms with Gasteiger partial charge >= 0.3 is 0 Å². The number of hydrogen-bond donors (Lipinski definition) is 0. The minimum Gasteiger partial charge on any atom is -0.289 e. The first-order valence-corrected chi connectivity index (χ1v) is 6.80. The molecule has 1 aromatic heterocycles. The topological polar surface area (TPSA) is 30.0 Å². The van der Waals surface area contributed by atoms with Crippen molar-refractivity contribution in [3.05, 3.63) is 70.7 Å². The van der Waals surface area contributed by atoms with Gasteiger partial charge in [0.05, 0.1) is 5.51 Å². The summed E-state index contributed by atoms with van der Waals surface area (Å²) < 4.78 is 0. The second kappa shape index (κ2) is 5.16. The number of nitrogens with zero attached hydrogens (tertiary/aromatic N) is 1. The Morgan fingerprint density at radius 3 is 2.74 bits per heavy atom. The van der Waals surface area contributed by atoms with E-state index in [1.54, 1.807) is 23.9 Å². The molecule has 0 fully saturated rings. The molecule has 0 aliphatic carbocycles. The number of carbonyl (C=O) groups excluding carboxylic acids is 1. The van der Waals surface area contributed by atoms with E-state index in [9.17, 15) is 4.79 Å². The zero-order valence-corrected chi connectivity index (χ0v) is 10.9. The predicted octanol–water partition coefficient (Wildman–Crippen LogP) is 4.19. The van der Waals surface area contributed by atoms with Crippen LogP contribution in [0.25, 0.3) is 16.8 Å². The van der Waals surface area contributed by atoms with Crippen LogP contribution in [0.15, 0.2) is 60.2 Å². The maximum Gasteiger partial charge on any atom is 0.185 e. The van der Waals surface area contributed by atoms with Crippen molar-refractivity contribution < 1.29 is 4.79 Å². The Morgan fingerprint density at radius 1 is 1.11 bits per heavy atom. The fraction of sp³-hybridized carbons (Fsp3) is 0. The number of rotatable bonds is 3. The molecule has 2 nitrogen and oxygen atoms in total. The fourth-order valence-corrected chi connectivity index (χ4v) is 2.42. The van der Waals surface area contributed by atoms with Crippen LogP contribution < -0.4 is 0 Å². The van der Waals surface area contributed by atoms with Crippen molar-refractivity contribution in [3.63, 3.8) is 0 Å². The van der Waals surface area contributed by atoms with Gasteiger partial charge in [0.15, 0.2) is 5.78 Å². The Bertz CT molecular complexity index is 744. The molecule has 0 aliphatic heterocycles. The van der Waals surface area contributed by atoms with Gasteiger partial charge in [0.2, 0.25) is 0 Å². The van der Waals surface area contributed by atoms with E-state index in [-0.39, 0.29) is 5.78 Å². The minimum atomic E-state index is 0.0131. The third kappa shape index (κ3) is 2.61. The quantitative estimate of drug-likeness (QED) is 0.525. The van der Waals surface area contributed by atoms with Gasteiger partial charge in [0, 0.05) is 16.6 Å². The molecule has 0 unspecified atom stereocenters. The van der Waals surface area contributed by atoms with Crippen molar-refractivity contribution in [2.45, 2.75) is 0 Å². The van der Waals surface area contributed by atoms with Crippen molar-refractivity contribution in [1.82, 2.24) is 4.98 Å². The lowest BCUT2D eigenvalue weighted by atomic mass is 10.0. The highest BCUT2D eigenvalue weighted by Crippen LogP contribution is 2.17. The summed E-state index contributed by atoms with van der Waals surface area (Å²) >= 11 is 1.51. The van der Waals surface area contributed by atoms with Crippen LogP contribution >= 0.6 is 11.3 Å². The predicted molar refractivity (Wildman–Crippen MR) is 79.4 cm³/mol. The average molecular weight is 265 g/mol. The van der Waals surface area contributed by atoms with Gasteiger partial charge in [0.25, 0.3) is 0 Å². The van der Waals surface area contributed by atoms with Crippen LogP contribution in [0.4, 0.5) is 0 Å². The van der Waals surface area contributed by atoms with Gasteiger partial charge < -0.3 is 0 Å². The summed E-state index contributed by atoms with van der Waals surface area (Å²) in [6, 6.07) is 13.8. The zero-order valence-electron chi connectivity index (χ0n) is 10.1. The van der Waals surface area contributed by atoms with Crippen LogP contribution in [-0.2, 0) is 0 Å². The standard InChI is InChI=1S/C16H11NOS/c18-16(8-7-15-10-17-11-19-15)14-6-5-12-3-1-2-4-13(12)9-14/h1-11H. The van der Waals surface area contributed by atoms with E-state index in [1.165, 1.54) is 11.3 Å². The molecule has 0 N–H and O–H groups in total. The molecular weight excluding hydrogens is 254 g/mol. The van der Waals surface area contributed by atoms with Gasteiger partial charge in [-0.2, -0.15) is 0 Å². The molecule has 0 amide bonds. The third-order valence-electron chi connectivity index (χ3n) is 2.88. The summed E-state index contributed by atoms with van der Waals surface area (Å²) in [4.78, 5) is 17.0. The smallest absolute Gasteiger partial charge is 0.185 e. The number of hydrogen-bond acceptors (Lipinski definition) is 3.